The Labute approximate surface area is 647 Å². The van der Waals surface area contributed by atoms with Gasteiger partial charge in [0.25, 0.3) is 0 Å². The number of carbonyl (C=O) groups is 7. The Balaban J connectivity index is 0. The molecule has 2 unspecified atom stereocenters. The van der Waals surface area contributed by atoms with Crippen LogP contribution in [0.15, 0.2) is 42.0 Å². The van der Waals surface area contributed by atoms with Gasteiger partial charge in [0.1, 0.15) is 24.4 Å². The number of esters is 5. The molecule has 5 aliphatic carbocycles. The molecule has 0 heterocycles. The number of amides is 1. The van der Waals surface area contributed by atoms with Crippen molar-refractivity contribution in [3.05, 3.63) is 47.5 Å². The third-order valence-electron chi connectivity index (χ3n) is 20.6. The number of hydrogen-bond acceptors (Lipinski definition) is 14. The molecule has 604 valence electrons. The van der Waals surface area contributed by atoms with E-state index in [1.54, 1.807) is 12.5 Å². The van der Waals surface area contributed by atoms with Crippen LogP contribution >= 0.6 is 24.0 Å². The molecule has 0 aliphatic heterocycles. The Bertz CT molecular complexity index is 2540. The molecule has 1 aromatic carbocycles. The van der Waals surface area contributed by atoms with Gasteiger partial charge in [-0.2, -0.15) is 0 Å². The van der Waals surface area contributed by atoms with E-state index in [0.29, 0.717) is 52.8 Å². The van der Waals surface area contributed by atoms with Crippen molar-refractivity contribution in [2.75, 3.05) is 25.4 Å². The molecule has 0 radical (unpaired) electrons. The van der Waals surface area contributed by atoms with Crippen LogP contribution in [0.5, 0.6) is 0 Å². The van der Waals surface area contributed by atoms with Gasteiger partial charge in [0.2, 0.25) is 5.91 Å². The van der Waals surface area contributed by atoms with E-state index >= 15 is 0 Å². The molecule has 4 saturated carbocycles. The van der Waals surface area contributed by atoms with Crippen molar-refractivity contribution in [3.8, 4) is 0 Å². The van der Waals surface area contributed by atoms with E-state index in [-0.39, 0.29) is 95.0 Å². The summed E-state index contributed by atoms with van der Waals surface area (Å²) in [5, 5.41) is 6.08. The summed E-state index contributed by atoms with van der Waals surface area (Å²) in [7, 11) is 0. The van der Waals surface area contributed by atoms with Gasteiger partial charge in [0.05, 0.1) is 41.2 Å². The monoisotopic (exact) mass is 1500 g/mol. The number of benzene rings is 1. The lowest BCUT2D eigenvalue weighted by Crippen LogP contribution is -2.51. The summed E-state index contributed by atoms with van der Waals surface area (Å²) in [5.74, 6) is 8.41. The zero-order valence-corrected chi connectivity index (χ0v) is 73.7. The molecule has 0 aromatic heterocycles. The molecule has 0 saturated heterocycles. The summed E-state index contributed by atoms with van der Waals surface area (Å²) in [6, 6.07) is 9.67. The highest BCUT2D eigenvalue weighted by molar-refractivity contribution is 8.13. The molecule has 1 aromatic rings. The van der Waals surface area contributed by atoms with Gasteiger partial charge in [-0.3, -0.25) is 33.6 Å². The van der Waals surface area contributed by atoms with Crippen LogP contribution < -0.4 is 10.6 Å². The molecule has 0 spiro atoms. The molecule has 2 N–H and O–H groups in total. The van der Waals surface area contributed by atoms with Crippen LogP contribution in [0.2, 0.25) is 0 Å². The van der Waals surface area contributed by atoms with Crippen LogP contribution in [0.1, 0.15) is 310 Å². The van der Waals surface area contributed by atoms with E-state index in [0.717, 1.165) is 84.2 Å². The number of allylic oxidation sites excluding steroid dienone is 1. The Morgan fingerprint density at radius 2 is 1.12 bits per heavy atom. The number of hydrogen-bond donors (Lipinski definition) is 2. The zero-order valence-electron chi connectivity index (χ0n) is 72.1. The van der Waals surface area contributed by atoms with Crippen LogP contribution in [-0.4, -0.2) is 89.1 Å². The molecule has 6 rings (SSSR count). The van der Waals surface area contributed by atoms with Gasteiger partial charge < -0.3 is 34.3 Å². The predicted octanol–water partition coefficient (Wildman–Crippen LogP) is 22.1. The summed E-state index contributed by atoms with van der Waals surface area (Å²) in [4.78, 5) is 78.7. The summed E-state index contributed by atoms with van der Waals surface area (Å²) in [6.45, 7) is 65.6. The summed E-state index contributed by atoms with van der Waals surface area (Å²) >= 11 is 6.37. The Morgan fingerprint density at radius 1 is 0.587 bits per heavy atom. The molecule has 0 bridgehead atoms. The van der Waals surface area contributed by atoms with Crippen LogP contribution in [0.4, 0.5) is 0 Å². The van der Waals surface area contributed by atoms with Crippen LogP contribution in [0.3, 0.4) is 0 Å². The first-order valence-corrected chi connectivity index (χ1v) is 42.0. The van der Waals surface area contributed by atoms with Gasteiger partial charge >= 0.3 is 29.8 Å². The van der Waals surface area contributed by atoms with Gasteiger partial charge in [0, 0.05) is 37.3 Å². The second-order valence-corrected chi connectivity index (χ2v) is 36.3. The molecule has 14 nitrogen and oxygen atoms in total. The number of carbonyl (C=O) groups excluding carboxylic acids is 7. The maximum Gasteiger partial charge on any atom is 0.308 e. The van der Waals surface area contributed by atoms with Crippen molar-refractivity contribution in [1.82, 2.24) is 10.6 Å². The largest absolute Gasteiger partial charge is 0.466 e. The molecule has 11 atom stereocenters. The lowest BCUT2D eigenvalue weighted by molar-refractivity contribution is -0.160. The number of thioether (sulfide) groups is 1. The number of ether oxygens (including phenoxy) is 5. The summed E-state index contributed by atoms with van der Waals surface area (Å²) in [6.07, 6.45) is 20.9. The maximum absolute atomic E-state index is 12.2. The zero-order chi connectivity index (χ0) is 80.6. The van der Waals surface area contributed by atoms with Crippen molar-refractivity contribution in [2.24, 2.45) is 111 Å². The first-order chi connectivity index (χ1) is 48.2. The summed E-state index contributed by atoms with van der Waals surface area (Å²) in [5.41, 5.74) is 3.20. The SMILES string of the molecule is CC(C)C(=O)OC(C)(C)C.CC(C)C(=O)OCc1ccccc1.CC(C)C(=O)O[C@@H]1C[C@H](C)CC[C@H]1C(C)C.CC(C)CCC[C@@H](C)C1CCC2[C@@H]3CC=C4C[C@@H](OC(=O)C(C)C)CC[C@]4(C)[C@H]3CC[C@]12C.CCNC(=O)C(C)C.CCNC(=S)C(C)C.CCOC(=O)C(C)C.CCSC(=O)C(C)C. The first kappa shape index (κ1) is 102. The number of rotatable bonds is 22. The second kappa shape index (κ2) is 52.7. The molecule has 5 aliphatic rings. The maximum atomic E-state index is 12.2. The topological polar surface area (TPSA) is 190 Å². The third-order valence-corrected chi connectivity index (χ3v) is 22.2. The van der Waals surface area contributed by atoms with E-state index in [4.69, 9.17) is 31.2 Å². The lowest BCUT2D eigenvalue weighted by Gasteiger charge is -2.58. The van der Waals surface area contributed by atoms with E-state index in [9.17, 15) is 33.6 Å². The van der Waals surface area contributed by atoms with Gasteiger partial charge in [0.15, 0.2) is 5.12 Å². The predicted molar refractivity (Wildman–Crippen MR) is 440 cm³/mol. The second-order valence-electron chi connectivity index (χ2n) is 34.6. The normalized spacial score (nSPS) is 23.2. The van der Waals surface area contributed by atoms with Gasteiger partial charge in [-0.25, -0.2) is 0 Å². The van der Waals surface area contributed by atoms with Crippen LogP contribution in [0, 0.1) is 111 Å². The Morgan fingerprint density at radius 3 is 1.54 bits per heavy atom. The van der Waals surface area contributed by atoms with Crippen LogP contribution in [0.25, 0.3) is 0 Å². The fourth-order valence-electron chi connectivity index (χ4n) is 14.3. The van der Waals surface area contributed by atoms with Gasteiger partial charge in [-0.1, -0.05) is 265 Å². The highest BCUT2D eigenvalue weighted by Gasteiger charge is 2.59. The number of fused-ring (bicyclic) bond motifs is 5. The molecule has 16 heteroatoms. The van der Waals surface area contributed by atoms with Crippen molar-refractivity contribution < 1.29 is 57.2 Å². The summed E-state index contributed by atoms with van der Waals surface area (Å²) < 4.78 is 26.3. The molecule has 104 heavy (non-hydrogen) atoms. The lowest BCUT2D eigenvalue weighted by atomic mass is 9.47. The Kier molecular flexibility index (Phi) is 51.6. The molecule has 1 amide bonds. The smallest absolute Gasteiger partial charge is 0.308 e. The van der Waals surface area contributed by atoms with Crippen molar-refractivity contribution in [3.63, 3.8) is 0 Å². The van der Waals surface area contributed by atoms with Crippen molar-refractivity contribution in [2.45, 2.75) is 329 Å². The fraction of sp³-hybridized carbons (Fsp3) is 0.818. The number of thiocarbonyl (C=S) groups is 1. The van der Waals surface area contributed by atoms with E-state index in [2.05, 4.69) is 97.6 Å². The quantitative estimate of drug-likeness (QED) is 0.0482. The third kappa shape index (κ3) is 40.2. The molecule has 4 fully saturated rings. The molecular formula is C88H158N2O12S2. The van der Waals surface area contributed by atoms with E-state index in [1.165, 1.54) is 82.4 Å². The average molecular weight is 1500 g/mol. The van der Waals surface area contributed by atoms with Crippen molar-refractivity contribution >= 4 is 69.8 Å². The van der Waals surface area contributed by atoms with E-state index in [1.807, 2.05) is 162 Å². The minimum absolute atomic E-state index is 0.00921. The molecular weight excluding hydrogens is 1340 g/mol. The number of nitrogens with one attached hydrogen (secondary N) is 2. The Hall–Kier alpha value is -4.31. The highest BCUT2D eigenvalue weighted by atomic mass is 32.2. The average Bonchev–Trinajstić information content (AvgIpc) is 1.44. The highest BCUT2D eigenvalue weighted by Crippen LogP contribution is 2.67. The standard InChI is InChI=1S/C31H52O2.C14H26O2.C11H14O2.C8H16O2.C6H13NO.C6H13NS.C6H12O2.C6H12OS/c1-20(2)9-8-10-22(5)26-13-14-27-25-12-11-23-19-24(33-29(32)21(3)4)15-17-30(23,6)28(25)16-18-31(26,27)7;1-9(2)12-7-6-11(5)8-13(12)16-14(15)10(3)4;1-9(2)11(12)13-8-10-6-4-3-5-7-10;1-6(2)7(9)10-8(3,4)5;2*1-4-7-6(8)5(2)3;2*1-4-8-6(7)5(2)3/h11,20-22,24-28H,8-10,12-19H2,1-7H3;9-13H,6-8H2,1-5H3;3-7,9H,8H2,1-2H3;6H,1-5H3;2*5H,4H2,1-3H3,(H,7,8);2*5H,4H2,1-3H3/t22-,24+,25+,26?,27?,28+,30+,31-;11-,12+,13-;;;;;;/m11....../s1. The van der Waals surface area contributed by atoms with Gasteiger partial charge in [-0.15, -0.1) is 0 Å². The van der Waals surface area contributed by atoms with Crippen molar-refractivity contribution in [1.29, 1.82) is 0 Å². The minimum Gasteiger partial charge on any atom is -0.466 e. The fourth-order valence-corrected chi connectivity index (χ4v) is 15.0. The minimum atomic E-state index is -0.346. The van der Waals surface area contributed by atoms with Crippen LogP contribution in [-0.2, 0) is 63.9 Å². The first-order valence-electron chi connectivity index (χ1n) is 40.6. The van der Waals surface area contributed by atoms with E-state index < -0.39 is 0 Å². The van der Waals surface area contributed by atoms with Gasteiger partial charge in [-0.05, 0) is 175 Å².